The number of benzene rings is 2. The lowest BCUT2D eigenvalue weighted by atomic mass is 10.0. The predicted octanol–water partition coefficient (Wildman–Crippen LogP) is 3.69. The highest BCUT2D eigenvalue weighted by atomic mass is 32.2. The summed E-state index contributed by atoms with van der Waals surface area (Å²) in [6.45, 7) is 3.27. The molecule has 2 heterocycles. The second kappa shape index (κ2) is 11.5. The number of amides is 2. The summed E-state index contributed by atoms with van der Waals surface area (Å²) in [5.74, 6) is -0.261. The summed E-state index contributed by atoms with van der Waals surface area (Å²) in [5, 5.41) is 5.56. The molecule has 2 N–H and O–H groups in total. The van der Waals surface area contributed by atoms with Crippen molar-refractivity contribution in [1.82, 2.24) is 14.6 Å². The number of hydrogen-bond acceptors (Lipinski definition) is 6. The number of pyridine rings is 1. The molecule has 1 aromatic heterocycles. The number of nitrogens with zero attached hydrogens (tertiary/aromatic N) is 2. The molecule has 0 bridgehead atoms. The van der Waals surface area contributed by atoms with Crippen LogP contribution in [0.2, 0.25) is 0 Å². The molecule has 1 saturated heterocycles. The number of methoxy groups -OCH3 is 1. The van der Waals surface area contributed by atoms with Gasteiger partial charge in [-0.25, -0.2) is 8.42 Å². The van der Waals surface area contributed by atoms with Crippen molar-refractivity contribution in [2.75, 3.05) is 25.5 Å². The van der Waals surface area contributed by atoms with Crippen LogP contribution in [-0.2, 0) is 16.6 Å². The lowest BCUT2D eigenvalue weighted by molar-refractivity contribution is 0.0951. The van der Waals surface area contributed by atoms with E-state index in [0.29, 0.717) is 19.0 Å². The molecule has 0 spiro atoms. The Kier molecular flexibility index (Phi) is 8.20. The number of ether oxygens (including phenoxy) is 1. The van der Waals surface area contributed by atoms with Crippen LogP contribution in [0, 0.1) is 5.92 Å². The van der Waals surface area contributed by atoms with Gasteiger partial charge in [0.2, 0.25) is 10.0 Å². The van der Waals surface area contributed by atoms with Gasteiger partial charge < -0.3 is 15.4 Å². The first-order valence-electron chi connectivity index (χ1n) is 12.0. The van der Waals surface area contributed by atoms with Crippen molar-refractivity contribution in [2.45, 2.75) is 31.2 Å². The molecule has 0 saturated carbocycles. The highest BCUT2D eigenvalue weighted by molar-refractivity contribution is 7.89. The molecule has 2 aromatic carbocycles. The Hall–Kier alpha value is -3.76. The molecule has 1 aliphatic rings. The summed E-state index contributed by atoms with van der Waals surface area (Å²) < 4.78 is 33.3. The minimum absolute atomic E-state index is 0.0236. The van der Waals surface area contributed by atoms with Crippen LogP contribution in [0.4, 0.5) is 5.69 Å². The fourth-order valence-corrected chi connectivity index (χ4v) is 5.66. The van der Waals surface area contributed by atoms with E-state index >= 15 is 0 Å². The molecular formula is C27H30N4O5S. The SMILES string of the molecule is COc1ccc(S(=O)(=O)N2CCC(C)CC2)cc1C(=O)Nc1ccccc1C(=O)NCc1cccnc1. The van der Waals surface area contributed by atoms with Crippen molar-refractivity contribution in [2.24, 2.45) is 5.92 Å². The average Bonchev–Trinajstić information content (AvgIpc) is 2.92. The Morgan fingerprint density at radius 1 is 1.03 bits per heavy atom. The van der Waals surface area contributed by atoms with Gasteiger partial charge in [-0.15, -0.1) is 0 Å². The van der Waals surface area contributed by atoms with Gasteiger partial charge in [0.05, 0.1) is 28.8 Å². The maximum atomic E-state index is 13.3. The number of para-hydroxylation sites is 1. The molecule has 0 aliphatic carbocycles. The van der Waals surface area contributed by atoms with Gasteiger partial charge in [-0.3, -0.25) is 14.6 Å². The molecule has 2 amide bonds. The largest absolute Gasteiger partial charge is 0.496 e. The van der Waals surface area contributed by atoms with Crippen LogP contribution in [0.3, 0.4) is 0 Å². The Balaban J connectivity index is 1.55. The Morgan fingerprint density at radius 2 is 1.78 bits per heavy atom. The van der Waals surface area contributed by atoms with Crippen LogP contribution >= 0.6 is 0 Å². The summed E-state index contributed by atoms with van der Waals surface area (Å²) >= 11 is 0. The number of aromatic nitrogens is 1. The third-order valence-corrected chi connectivity index (χ3v) is 8.29. The normalized spacial score (nSPS) is 14.6. The smallest absolute Gasteiger partial charge is 0.259 e. The van der Waals surface area contributed by atoms with Crippen molar-refractivity contribution < 1.29 is 22.7 Å². The molecule has 194 valence electrons. The number of carbonyl (C=O) groups is 2. The topological polar surface area (TPSA) is 118 Å². The molecule has 4 rings (SSSR count). The van der Waals surface area contributed by atoms with E-state index < -0.39 is 15.9 Å². The molecule has 9 nitrogen and oxygen atoms in total. The second-order valence-corrected chi connectivity index (χ2v) is 10.9. The predicted molar refractivity (Wildman–Crippen MR) is 140 cm³/mol. The van der Waals surface area contributed by atoms with Crippen LogP contribution in [0.15, 0.2) is 71.9 Å². The first kappa shape index (κ1) is 26.3. The first-order chi connectivity index (χ1) is 17.8. The fourth-order valence-electron chi connectivity index (χ4n) is 4.16. The van der Waals surface area contributed by atoms with Gasteiger partial charge in [0.15, 0.2) is 0 Å². The third-order valence-electron chi connectivity index (χ3n) is 6.39. The zero-order valence-corrected chi connectivity index (χ0v) is 21.6. The van der Waals surface area contributed by atoms with Gasteiger partial charge in [0.1, 0.15) is 5.75 Å². The lowest BCUT2D eigenvalue weighted by Gasteiger charge is -2.29. The number of nitrogens with one attached hydrogen (secondary N) is 2. The summed E-state index contributed by atoms with van der Waals surface area (Å²) in [7, 11) is -2.36. The highest BCUT2D eigenvalue weighted by Crippen LogP contribution is 2.28. The molecule has 1 aliphatic heterocycles. The average molecular weight is 523 g/mol. The minimum Gasteiger partial charge on any atom is -0.496 e. The molecule has 3 aromatic rings. The van der Waals surface area contributed by atoms with Gasteiger partial charge in [-0.1, -0.05) is 25.1 Å². The number of piperidine rings is 1. The van der Waals surface area contributed by atoms with Gasteiger partial charge in [-0.05, 0) is 60.7 Å². The summed E-state index contributed by atoms with van der Waals surface area (Å²) in [5.41, 5.74) is 1.45. The lowest BCUT2D eigenvalue weighted by Crippen LogP contribution is -2.38. The van der Waals surface area contributed by atoms with Gasteiger partial charge in [-0.2, -0.15) is 4.31 Å². The van der Waals surface area contributed by atoms with E-state index in [9.17, 15) is 18.0 Å². The van der Waals surface area contributed by atoms with Crippen molar-refractivity contribution in [3.8, 4) is 5.75 Å². The van der Waals surface area contributed by atoms with Crippen molar-refractivity contribution in [3.63, 3.8) is 0 Å². The van der Waals surface area contributed by atoms with E-state index in [0.717, 1.165) is 18.4 Å². The van der Waals surface area contributed by atoms with Gasteiger partial charge in [0.25, 0.3) is 11.8 Å². The zero-order chi connectivity index (χ0) is 26.4. The van der Waals surface area contributed by atoms with E-state index in [1.165, 1.54) is 29.6 Å². The van der Waals surface area contributed by atoms with E-state index in [-0.39, 0.29) is 39.9 Å². The number of hydrogen-bond donors (Lipinski definition) is 2. The first-order valence-corrected chi connectivity index (χ1v) is 13.5. The van der Waals surface area contributed by atoms with Crippen LogP contribution in [0.25, 0.3) is 0 Å². The second-order valence-electron chi connectivity index (χ2n) is 8.99. The zero-order valence-electron chi connectivity index (χ0n) is 20.8. The molecule has 0 unspecified atom stereocenters. The van der Waals surface area contributed by atoms with Crippen LogP contribution in [-0.4, -0.2) is 49.7 Å². The van der Waals surface area contributed by atoms with E-state index in [1.807, 2.05) is 6.07 Å². The Morgan fingerprint density at radius 3 is 2.49 bits per heavy atom. The standard InChI is InChI=1S/C27H30N4O5S/c1-19-11-14-31(15-12-19)37(34,35)21-9-10-25(36-2)23(16-21)27(33)30-24-8-4-3-7-22(24)26(32)29-18-20-6-5-13-28-17-20/h3-10,13,16-17,19H,11-12,14-15,18H2,1-2H3,(H,29,32)(H,30,33). The minimum atomic E-state index is -3.77. The van der Waals surface area contributed by atoms with E-state index in [1.54, 1.807) is 42.7 Å². The van der Waals surface area contributed by atoms with Crippen molar-refractivity contribution >= 4 is 27.5 Å². The molecule has 0 radical (unpaired) electrons. The van der Waals surface area contributed by atoms with Crippen LogP contribution in [0.1, 0.15) is 46.0 Å². The van der Waals surface area contributed by atoms with Crippen LogP contribution in [0.5, 0.6) is 5.75 Å². The fraction of sp³-hybridized carbons (Fsp3) is 0.296. The van der Waals surface area contributed by atoms with Crippen LogP contribution < -0.4 is 15.4 Å². The number of sulfonamides is 1. The van der Waals surface area contributed by atoms with Crippen molar-refractivity contribution in [1.29, 1.82) is 0 Å². The number of rotatable bonds is 8. The monoisotopic (exact) mass is 522 g/mol. The summed E-state index contributed by atoms with van der Waals surface area (Å²) in [6.07, 6.45) is 4.90. The number of anilines is 1. The molecular weight excluding hydrogens is 492 g/mol. The highest BCUT2D eigenvalue weighted by Gasteiger charge is 2.29. The third kappa shape index (κ3) is 6.15. The van der Waals surface area contributed by atoms with Crippen molar-refractivity contribution in [3.05, 3.63) is 83.7 Å². The molecule has 1 fully saturated rings. The van der Waals surface area contributed by atoms with E-state index in [2.05, 4.69) is 22.5 Å². The van der Waals surface area contributed by atoms with Gasteiger partial charge in [0, 0.05) is 32.0 Å². The summed E-state index contributed by atoms with van der Waals surface area (Å²) in [6, 6.07) is 14.5. The Bertz CT molecular complexity index is 1370. The quantitative estimate of drug-likeness (QED) is 0.466. The molecule has 0 atom stereocenters. The van der Waals surface area contributed by atoms with E-state index in [4.69, 9.17) is 4.74 Å². The maximum absolute atomic E-state index is 13.3. The summed E-state index contributed by atoms with van der Waals surface area (Å²) in [4.78, 5) is 30.2. The molecule has 10 heteroatoms. The Labute approximate surface area is 216 Å². The maximum Gasteiger partial charge on any atom is 0.259 e. The molecule has 37 heavy (non-hydrogen) atoms. The number of carbonyl (C=O) groups excluding carboxylic acids is 2. The van der Waals surface area contributed by atoms with Gasteiger partial charge >= 0.3 is 0 Å².